The second-order valence-corrected chi connectivity index (χ2v) is 12.5. The van der Waals surface area contributed by atoms with Crippen molar-refractivity contribution in [1.29, 1.82) is 0 Å². The highest BCUT2D eigenvalue weighted by Gasteiger charge is 2.52. The van der Waals surface area contributed by atoms with Crippen molar-refractivity contribution >= 4 is 17.6 Å². The Morgan fingerprint density at radius 3 is 2.46 bits per heavy atom. The van der Waals surface area contributed by atoms with Crippen LogP contribution in [-0.4, -0.2) is 54.6 Å². The van der Waals surface area contributed by atoms with E-state index in [0.717, 1.165) is 44.2 Å². The standard InChI is InChI=1S/C32H39ClN2O2/c1-22-7-6-14-32(2)20-29-26(19-28(22)32)27(31(36)37-29)21-34-15-17-35(18-16-34)30(23-8-4-3-5-9-23)24-10-12-25(33)13-11-24/h3-5,8-13,19,22,26-27,29-30H,6-7,14-18,20-21H2,1-2H3/t22-,26+,27+,29-,30+,32+/m1/s1. The smallest absolute Gasteiger partial charge is 0.311 e. The van der Waals surface area contributed by atoms with E-state index in [-0.39, 0.29) is 35.4 Å². The fraction of sp³-hybridized carbons (Fsp3) is 0.531. The van der Waals surface area contributed by atoms with Gasteiger partial charge >= 0.3 is 5.97 Å². The van der Waals surface area contributed by atoms with Gasteiger partial charge in [-0.2, -0.15) is 0 Å². The zero-order chi connectivity index (χ0) is 25.6. The molecule has 0 bridgehead atoms. The van der Waals surface area contributed by atoms with E-state index < -0.39 is 0 Å². The second-order valence-electron chi connectivity index (χ2n) is 12.0. The van der Waals surface area contributed by atoms with Crippen molar-refractivity contribution in [2.24, 2.45) is 23.2 Å². The van der Waals surface area contributed by atoms with Crippen LogP contribution in [0, 0.1) is 23.2 Å². The van der Waals surface area contributed by atoms with Crippen LogP contribution in [0.25, 0.3) is 0 Å². The van der Waals surface area contributed by atoms with Crippen LogP contribution in [0.15, 0.2) is 66.2 Å². The van der Waals surface area contributed by atoms with Crippen molar-refractivity contribution in [3.05, 3.63) is 82.4 Å². The maximum absolute atomic E-state index is 13.1. The van der Waals surface area contributed by atoms with E-state index in [0.29, 0.717) is 5.92 Å². The monoisotopic (exact) mass is 518 g/mol. The maximum Gasteiger partial charge on any atom is 0.311 e. The van der Waals surface area contributed by atoms with Crippen molar-refractivity contribution in [3.8, 4) is 0 Å². The molecule has 6 atom stereocenters. The lowest BCUT2D eigenvalue weighted by Crippen LogP contribution is -2.50. The fourth-order valence-corrected chi connectivity index (χ4v) is 7.76. The number of esters is 1. The summed E-state index contributed by atoms with van der Waals surface area (Å²) in [5.74, 6) is 0.846. The van der Waals surface area contributed by atoms with Crippen molar-refractivity contribution in [3.63, 3.8) is 0 Å². The molecule has 0 aromatic heterocycles. The highest BCUT2D eigenvalue weighted by molar-refractivity contribution is 6.30. The second kappa shape index (κ2) is 10.2. The van der Waals surface area contributed by atoms with Crippen LogP contribution < -0.4 is 0 Å². The van der Waals surface area contributed by atoms with Crippen molar-refractivity contribution in [1.82, 2.24) is 9.80 Å². The quantitative estimate of drug-likeness (QED) is 0.340. The van der Waals surface area contributed by atoms with Crippen molar-refractivity contribution in [2.45, 2.75) is 51.7 Å². The number of allylic oxidation sites excluding steroid dienone is 1. The molecule has 6 rings (SSSR count). The Hall–Kier alpha value is -2.14. The summed E-state index contributed by atoms with van der Waals surface area (Å²) in [6, 6.07) is 19.2. The number of ether oxygens (including phenoxy) is 1. The molecule has 0 unspecified atom stereocenters. The molecule has 5 heteroatoms. The van der Waals surface area contributed by atoms with Crippen LogP contribution in [0.2, 0.25) is 5.02 Å². The number of halogens is 1. The van der Waals surface area contributed by atoms with E-state index in [1.807, 2.05) is 12.1 Å². The topological polar surface area (TPSA) is 32.8 Å². The van der Waals surface area contributed by atoms with Crippen LogP contribution in [-0.2, 0) is 9.53 Å². The first kappa shape index (κ1) is 25.2. The van der Waals surface area contributed by atoms with Crippen LogP contribution in [0.1, 0.15) is 56.7 Å². The number of benzene rings is 2. The number of nitrogens with zero attached hydrogens (tertiary/aromatic N) is 2. The molecule has 0 amide bonds. The molecule has 0 N–H and O–H groups in total. The SMILES string of the molecule is C[C@@H]1CCC[C@@]2(C)C[C@H]3OC(=O)[C@@H](CN4CCN([C@@H](c5ccccc5)c5ccc(Cl)cc5)CC4)[C@@H]3C=C12. The molecule has 2 aromatic carbocycles. The molecule has 2 aromatic rings. The zero-order valence-corrected chi connectivity index (χ0v) is 22.9. The van der Waals surface area contributed by atoms with Crippen LogP contribution in [0.3, 0.4) is 0 Å². The van der Waals surface area contributed by atoms with Gasteiger partial charge in [-0.1, -0.05) is 86.0 Å². The number of hydrogen-bond donors (Lipinski definition) is 0. The van der Waals surface area contributed by atoms with E-state index in [4.69, 9.17) is 16.3 Å². The Morgan fingerprint density at radius 2 is 1.73 bits per heavy atom. The number of fused-ring (bicyclic) bond motifs is 2. The highest BCUT2D eigenvalue weighted by Crippen LogP contribution is 2.54. The van der Waals surface area contributed by atoms with E-state index in [1.54, 1.807) is 5.57 Å². The lowest BCUT2D eigenvalue weighted by atomic mass is 9.59. The third kappa shape index (κ3) is 4.89. The predicted octanol–water partition coefficient (Wildman–Crippen LogP) is 6.36. The molecule has 3 fully saturated rings. The molecule has 2 heterocycles. The number of hydrogen-bond acceptors (Lipinski definition) is 4. The molecule has 0 radical (unpaired) electrons. The van der Waals surface area contributed by atoms with Gasteiger partial charge in [0.05, 0.1) is 12.0 Å². The molecule has 4 aliphatic rings. The summed E-state index contributed by atoms with van der Waals surface area (Å²) in [7, 11) is 0. The van der Waals surface area contributed by atoms with Gasteiger partial charge in [-0.15, -0.1) is 0 Å². The Kier molecular flexibility index (Phi) is 6.94. The normalized spacial score (nSPS) is 33.3. The average Bonchev–Trinajstić information content (AvgIpc) is 3.19. The van der Waals surface area contributed by atoms with Gasteiger partial charge in [-0.05, 0) is 53.9 Å². The largest absolute Gasteiger partial charge is 0.461 e. The number of piperazine rings is 1. The van der Waals surface area contributed by atoms with Gasteiger partial charge in [-0.3, -0.25) is 14.6 Å². The molecule has 2 aliphatic heterocycles. The van der Waals surface area contributed by atoms with Crippen LogP contribution in [0.4, 0.5) is 0 Å². The summed E-state index contributed by atoms with van der Waals surface area (Å²) in [6.45, 7) is 9.43. The minimum Gasteiger partial charge on any atom is -0.461 e. The Labute approximate surface area is 226 Å². The molecule has 1 saturated carbocycles. The minimum atomic E-state index is -0.0380. The first-order valence-corrected chi connectivity index (χ1v) is 14.5. The zero-order valence-electron chi connectivity index (χ0n) is 22.1. The fourth-order valence-electron chi connectivity index (χ4n) is 7.64. The van der Waals surface area contributed by atoms with Crippen LogP contribution >= 0.6 is 11.6 Å². The molecule has 2 aliphatic carbocycles. The minimum absolute atomic E-state index is 0.0208. The van der Waals surface area contributed by atoms with Gasteiger partial charge in [0.2, 0.25) is 0 Å². The van der Waals surface area contributed by atoms with Gasteiger partial charge in [-0.25, -0.2) is 0 Å². The van der Waals surface area contributed by atoms with Gasteiger partial charge in [0.25, 0.3) is 0 Å². The average molecular weight is 519 g/mol. The lowest BCUT2D eigenvalue weighted by molar-refractivity contribution is -0.145. The highest BCUT2D eigenvalue weighted by atomic mass is 35.5. The summed E-state index contributed by atoms with van der Waals surface area (Å²) >= 11 is 6.20. The van der Waals surface area contributed by atoms with Gasteiger partial charge in [0.1, 0.15) is 6.10 Å². The molecule has 0 spiro atoms. The first-order chi connectivity index (χ1) is 17.9. The van der Waals surface area contributed by atoms with Crippen molar-refractivity contribution in [2.75, 3.05) is 32.7 Å². The summed E-state index contributed by atoms with van der Waals surface area (Å²) in [4.78, 5) is 18.1. The Balaban J connectivity index is 1.15. The summed E-state index contributed by atoms with van der Waals surface area (Å²) in [6.07, 6.45) is 7.33. The molecular formula is C32H39ClN2O2. The molecule has 37 heavy (non-hydrogen) atoms. The van der Waals surface area contributed by atoms with Gasteiger partial charge in [0.15, 0.2) is 0 Å². The number of rotatable bonds is 5. The molecular weight excluding hydrogens is 480 g/mol. The predicted molar refractivity (Wildman–Crippen MR) is 148 cm³/mol. The summed E-state index contributed by atoms with van der Waals surface area (Å²) in [5, 5.41) is 0.766. The van der Waals surface area contributed by atoms with Crippen LogP contribution in [0.5, 0.6) is 0 Å². The molecule has 2 saturated heterocycles. The molecule has 196 valence electrons. The van der Waals surface area contributed by atoms with E-state index in [2.05, 4.69) is 72.2 Å². The van der Waals surface area contributed by atoms with Gasteiger partial charge in [0, 0.05) is 43.7 Å². The summed E-state index contributed by atoms with van der Waals surface area (Å²) < 4.78 is 6.02. The first-order valence-electron chi connectivity index (χ1n) is 14.1. The Bertz CT molecular complexity index is 1140. The third-order valence-electron chi connectivity index (χ3n) is 9.61. The van der Waals surface area contributed by atoms with E-state index in [1.165, 1.54) is 30.4 Å². The van der Waals surface area contributed by atoms with Gasteiger partial charge < -0.3 is 4.74 Å². The van der Waals surface area contributed by atoms with E-state index >= 15 is 0 Å². The molecule has 4 nitrogen and oxygen atoms in total. The van der Waals surface area contributed by atoms with E-state index in [9.17, 15) is 4.79 Å². The summed E-state index contributed by atoms with van der Waals surface area (Å²) in [5.41, 5.74) is 4.39. The number of carbonyl (C=O) groups excluding carboxylic acids is 1. The lowest BCUT2D eigenvalue weighted by Gasteiger charge is -2.46. The van der Waals surface area contributed by atoms with Crippen molar-refractivity contribution < 1.29 is 9.53 Å². The number of carbonyl (C=O) groups is 1. The maximum atomic E-state index is 13.1. The Morgan fingerprint density at radius 1 is 1.03 bits per heavy atom. The third-order valence-corrected chi connectivity index (χ3v) is 9.86.